The van der Waals surface area contributed by atoms with E-state index in [1.165, 1.54) is 25.5 Å². The van der Waals surface area contributed by atoms with Crippen molar-refractivity contribution in [2.24, 2.45) is 5.73 Å². The third-order valence-corrected chi connectivity index (χ3v) is 4.12. The quantitative estimate of drug-likeness (QED) is 0.404. The molecule has 1 unspecified atom stereocenters. The number of nitrogens with two attached hydrogens (primary N) is 1. The Morgan fingerprint density at radius 2 is 1.80 bits per heavy atom. The molecule has 0 aromatic heterocycles. The Kier molecular flexibility index (Phi) is 14.3. The number of ether oxygens (including phenoxy) is 2. The highest BCUT2D eigenvalue weighted by Crippen LogP contribution is 2.15. The molecule has 0 saturated heterocycles. The number of benzene rings is 1. The van der Waals surface area contributed by atoms with Gasteiger partial charge in [0.15, 0.2) is 0 Å². The number of rotatable bonds is 13. The van der Waals surface area contributed by atoms with Crippen molar-refractivity contribution in [2.75, 3.05) is 13.7 Å². The minimum Gasteiger partial charge on any atom is -0.494 e. The molecule has 0 fully saturated rings. The summed E-state index contributed by atoms with van der Waals surface area (Å²) in [6.07, 6.45) is 8.86. The lowest BCUT2D eigenvalue weighted by Crippen LogP contribution is -2.22. The summed E-state index contributed by atoms with van der Waals surface area (Å²) in [5, 5.41) is 0. The van der Waals surface area contributed by atoms with Crippen LogP contribution in [0.15, 0.2) is 24.3 Å². The Labute approximate surface area is 158 Å². The van der Waals surface area contributed by atoms with E-state index in [-0.39, 0.29) is 24.4 Å². The minimum absolute atomic E-state index is 0. The van der Waals surface area contributed by atoms with Crippen LogP contribution in [0.5, 0.6) is 5.75 Å². The number of methoxy groups -OCH3 is 1. The van der Waals surface area contributed by atoms with Gasteiger partial charge in [-0.25, -0.2) is 0 Å². The van der Waals surface area contributed by atoms with Crippen LogP contribution < -0.4 is 10.5 Å². The molecule has 0 heterocycles. The van der Waals surface area contributed by atoms with Gasteiger partial charge in [-0.15, -0.1) is 12.4 Å². The number of unbranched alkanes of at least 4 members (excludes halogenated alkanes) is 4. The van der Waals surface area contributed by atoms with Crippen molar-refractivity contribution in [1.82, 2.24) is 0 Å². The average molecular weight is 372 g/mol. The highest BCUT2D eigenvalue weighted by Gasteiger charge is 2.06. The Hall–Kier alpha value is -1.26. The van der Waals surface area contributed by atoms with Gasteiger partial charge in [0.05, 0.1) is 13.7 Å². The fraction of sp³-hybridized carbons (Fsp3) is 0.650. The summed E-state index contributed by atoms with van der Waals surface area (Å²) in [5.41, 5.74) is 7.45. The molecular formula is C20H34ClNO3. The van der Waals surface area contributed by atoms with E-state index in [0.717, 1.165) is 50.9 Å². The van der Waals surface area contributed by atoms with E-state index in [9.17, 15) is 4.79 Å². The first-order valence-electron chi connectivity index (χ1n) is 9.19. The molecule has 1 atom stereocenters. The SMILES string of the molecule is CCCCCOc1ccc(CC(N)CCCCCC(=O)OC)cc1.Cl. The van der Waals surface area contributed by atoms with Crippen LogP contribution in [0.3, 0.4) is 0 Å². The highest BCUT2D eigenvalue weighted by atomic mass is 35.5. The molecule has 5 heteroatoms. The van der Waals surface area contributed by atoms with E-state index in [0.29, 0.717) is 6.42 Å². The van der Waals surface area contributed by atoms with Crippen LogP contribution >= 0.6 is 12.4 Å². The van der Waals surface area contributed by atoms with Crippen LogP contribution in [0.4, 0.5) is 0 Å². The van der Waals surface area contributed by atoms with Crippen LogP contribution in [0, 0.1) is 0 Å². The van der Waals surface area contributed by atoms with Crippen molar-refractivity contribution < 1.29 is 14.3 Å². The van der Waals surface area contributed by atoms with Crippen molar-refractivity contribution in [3.8, 4) is 5.75 Å². The molecule has 0 aliphatic carbocycles. The van der Waals surface area contributed by atoms with Crippen molar-refractivity contribution >= 4 is 18.4 Å². The molecule has 0 radical (unpaired) electrons. The van der Waals surface area contributed by atoms with Crippen molar-refractivity contribution in [3.05, 3.63) is 29.8 Å². The zero-order valence-corrected chi connectivity index (χ0v) is 16.5. The van der Waals surface area contributed by atoms with E-state index in [1.54, 1.807) is 0 Å². The zero-order valence-electron chi connectivity index (χ0n) is 15.7. The lowest BCUT2D eigenvalue weighted by atomic mass is 10.0. The second kappa shape index (κ2) is 15.0. The summed E-state index contributed by atoms with van der Waals surface area (Å²) in [4.78, 5) is 11.0. The van der Waals surface area contributed by atoms with Crippen LogP contribution in [-0.4, -0.2) is 25.7 Å². The van der Waals surface area contributed by atoms with Gasteiger partial charge in [-0.05, 0) is 43.4 Å². The first-order valence-corrected chi connectivity index (χ1v) is 9.19. The summed E-state index contributed by atoms with van der Waals surface area (Å²) in [5.74, 6) is 0.808. The number of carbonyl (C=O) groups excluding carboxylic acids is 1. The van der Waals surface area contributed by atoms with E-state index in [4.69, 9.17) is 10.5 Å². The van der Waals surface area contributed by atoms with Crippen LogP contribution in [0.1, 0.15) is 63.9 Å². The lowest BCUT2D eigenvalue weighted by Gasteiger charge is -2.12. The molecule has 144 valence electrons. The zero-order chi connectivity index (χ0) is 17.6. The molecule has 0 saturated carbocycles. The van der Waals surface area contributed by atoms with Gasteiger partial charge >= 0.3 is 5.97 Å². The Morgan fingerprint density at radius 3 is 2.44 bits per heavy atom. The molecule has 1 aromatic rings. The maximum atomic E-state index is 11.0. The molecule has 0 aliphatic rings. The summed E-state index contributed by atoms with van der Waals surface area (Å²) in [6, 6.07) is 8.44. The number of hydrogen-bond donors (Lipinski definition) is 1. The normalized spacial score (nSPS) is 11.5. The predicted molar refractivity (Wildman–Crippen MR) is 105 cm³/mol. The van der Waals surface area contributed by atoms with Crippen LogP contribution in [-0.2, 0) is 16.0 Å². The van der Waals surface area contributed by atoms with Crippen molar-refractivity contribution in [2.45, 2.75) is 70.8 Å². The molecule has 2 N–H and O–H groups in total. The maximum Gasteiger partial charge on any atom is 0.305 e. The number of carbonyl (C=O) groups is 1. The fourth-order valence-electron chi connectivity index (χ4n) is 2.62. The van der Waals surface area contributed by atoms with Crippen molar-refractivity contribution in [3.63, 3.8) is 0 Å². The summed E-state index contributed by atoms with van der Waals surface area (Å²) in [6.45, 7) is 2.98. The molecule has 4 nitrogen and oxygen atoms in total. The van der Waals surface area contributed by atoms with Gasteiger partial charge in [0, 0.05) is 12.5 Å². The maximum absolute atomic E-state index is 11.0. The lowest BCUT2D eigenvalue weighted by molar-refractivity contribution is -0.140. The number of hydrogen-bond acceptors (Lipinski definition) is 4. The molecule has 1 rings (SSSR count). The van der Waals surface area contributed by atoms with Gasteiger partial charge in [0.1, 0.15) is 5.75 Å². The van der Waals surface area contributed by atoms with E-state index in [1.807, 2.05) is 12.1 Å². The van der Waals surface area contributed by atoms with E-state index in [2.05, 4.69) is 23.8 Å². The topological polar surface area (TPSA) is 61.5 Å². The third kappa shape index (κ3) is 11.8. The summed E-state index contributed by atoms with van der Waals surface area (Å²) >= 11 is 0. The molecule has 1 aromatic carbocycles. The first kappa shape index (κ1) is 23.7. The highest BCUT2D eigenvalue weighted by molar-refractivity contribution is 5.85. The minimum atomic E-state index is -0.128. The second-order valence-electron chi connectivity index (χ2n) is 6.34. The van der Waals surface area contributed by atoms with Gasteiger partial charge in [-0.1, -0.05) is 44.7 Å². The van der Waals surface area contributed by atoms with Crippen molar-refractivity contribution in [1.29, 1.82) is 0 Å². The monoisotopic (exact) mass is 371 g/mol. The summed E-state index contributed by atoms with van der Waals surface area (Å²) in [7, 11) is 1.43. The van der Waals surface area contributed by atoms with Gasteiger partial charge in [-0.2, -0.15) is 0 Å². The van der Waals surface area contributed by atoms with Crippen LogP contribution in [0.2, 0.25) is 0 Å². The van der Waals surface area contributed by atoms with E-state index >= 15 is 0 Å². The van der Waals surface area contributed by atoms with Crippen LogP contribution in [0.25, 0.3) is 0 Å². The Bertz CT molecular complexity index is 451. The number of halogens is 1. The fourth-order valence-corrected chi connectivity index (χ4v) is 2.62. The Balaban J connectivity index is 0.00000576. The van der Waals surface area contributed by atoms with Gasteiger partial charge < -0.3 is 15.2 Å². The average Bonchev–Trinajstić information content (AvgIpc) is 2.59. The molecular weight excluding hydrogens is 338 g/mol. The van der Waals surface area contributed by atoms with E-state index < -0.39 is 0 Å². The molecule has 0 amide bonds. The molecule has 0 spiro atoms. The molecule has 25 heavy (non-hydrogen) atoms. The first-order chi connectivity index (χ1) is 11.7. The smallest absolute Gasteiger partial charge is 0.305 e. The van der Waals surface area contributed by atoms with Gasteiger partial charge in [0.25, 0.3) is 0 Å². The molecule has 0 aliphatic heterocycles. The standard InChI is InChI=1S/C20H33NO3.ClH/c1-3-4-8-15-24-19-13-11-17(12-14-19)16-18(21)9-6-5-7-10-20(22)23-2;/h11-14,18H,3-10,15-16,21H2,1-2H3;1H. The molecule has 0 bridgehead atoms. The summed E-state index contributed by atoms with van der Waals surface area (Å²) < 4.78 is 10.3. The third-order valence-electron chi connectivity index (χ3n) is 4.12. The Morgan fingerprint density at radius 1 is 1.08 bits per heavy atom. The van der Waals surface area contributed by atoms with Gasteiger partial charge in [-0.3, -0.25) is 4.79 Å². The van der Waals surface area contributed by atoms with Gasteiger partial charge in [0.2, 0.25) is 0 Å². The predicted octanol–water partition coefficient (Wildman–Crippen LogP) is 4.67. The largest absolute Gasteiger partial charge is 0.494 e. The second-order valence-corrected chi connectivity index (χ2v) is 6.34. The number of esters is 1.